The molecule has 1 aliphatic rings. The minimum absolute atomic E-state index is 0.135. The summed E-state index contributed by atoms with van der Waals surface area (Å²) in [7, 11) is 0. The van der Waals surface area contributed by atoms with E-state index in [-0.39, 0.29) is 17.7 Å². The highest BCUT2D eigenvalue weighted by Gasteiger charge is 2.32. The van der Waals surface area contributed by atoms with Crippen molar-refractivity contribution in [2.24, 2.45) is 16.6 Å². The zero-order valence-corrected chi connectivity index (χ0v) is 8.87. The normalized spacial score (nSPS) is 24.3. The predicted molar refractivity (Wildman–Crippen MR) is 59.2 cm³/mol. The van der Waals surface area contributed by atoms with Gasteiger partial charge in [0.15, 0.2) is 5.96 Å². The average Bonchev–Trinajstić information content (AvgIpc) is 2.86. The molecule has 0 spiro atoms. The quantitative estimate of drug-likeness (QED) is 0.598. The van der Waals surface area contributed by atoms with Crippen LogP contribution in [-0.2, 0) is 0 Å². The number of hydrogen-bond acceptors (Lipinski definition) is 1. The Kier molecular flexibility index (Phi) is 2.77. The van der Waals surface area contributed by atoms with E-state index in [1.54, 1.807) is 0 Å². The van der Waals surface area contributed by atoms with E-state index in [4.69, 9.17) is 5.73 Å². The Bertz CT molecular complexity index is 431. The molecule has 3 N–H and O–H groups in total. The molecule has 2 unspecified atom stereocenters. The molecule has 5 heteroatoms. The van der Waals surface area contributed by atoms with Gasteiger partial charge in [0.25, 0.3) is 0 Å². The molecule has 0 heterocycles. The van der Waals surface area contributed by atoms with Crippen LogP contribution in [0.5, 0.6) is 0 Å². The fraction of sp³-hybridized carbons (Fsp3) is 0.364. The summed E-state index contributed by atoms with van der Waals surface area (Å²) in [4.78, 5) is 4.15. The fourth-order valence-electron chi connectivity index (χ4n) is 1.42. The van der Waals surface area contributed by atoms with Gasteiger partial charge in [-0.2, -0.15) is 0 Å². The van der Waals surface area contributed by atoms with Crippen LogP contribution >= 0.6 is 0 Å². The molecule has 0 radical (unpaired) electrons. The first-order valence-corrected chi connectivity index (χ1v) is 5.11. The van der Waals surface area contributed by atoms with E-state index in [0.29, 0.717) is 5.92 Å². The van der Waals surface area contributed by atoms with E-state index in [9.17, 15) is 8.78 Å². The second kappa shape index (κ2) is 4.08. The van der Waals surface area contributed by atoms with Gasteiger partial charge in [-0.1, -0.05) is 6.92 Å². The molecular weight excluding hydrogens is 212 g/mol. The number of nitrogens with two attached hydrogens (primary N) is 1. The summed E-state index contributed by atoms with van der Waals surface area (Å²) < 4.78 is 25.9. The molecule has 0 bridgehead atoms. The second-order valence-electron chi connectivity index (χ2n) is 4.04. The minimum atomic E-state index is -0.679. The van der Waals surface area contributed by atoms with Crippen molar-refractivity contribution in [3.8, 4) is 0 Å². The largest absolute Gasteiger partial charge is 0.370 e. The first-order chi connectivity index (χ1) is 7.56. The fourth-order valence-corrected chi connectivity index (χ4v) is 1.42. The molecular formula is C11H13F2N3. The monoisotopic (exact) mass is 225 g/mol. The van der Waals surface area contributed by atoms with Crippen LogP contribution in [0.25, 0.3) is 0 Å². The van der Waals surface area contributed by atoms with Gasteiger partial charge >= 0.3 is 0 Å². The number of halogens is 2. The smallest absolute Gasteiger partial charge is 0.193 e. The van der Waals surface area contributed by atoms with Gasteiger partial charge in [0.05, 0.1) is 11.7 Å². The van der Waals surface area contributed by atoms with Crippen LogP contribution in [0, 0.1) is 17.6 Å². The number of aliphatic imine (C=N–C) groups is 1. The Morgan fingerprint density at radius 1 is 1.50 bits per heavy atom. The molecule has 1 aromatic carbocycles. The molecule has 1 fully saturated rings. The Morgan fingerprint density at radius 2 is 2.19 bits per heavy atom. The van der Waals surface area contributed by atoms with E-state index in [1.165, 1.54) is 12.1 Å². The standard InChI is InChI=1S/C11H13F2N3/c1-6-4-10(6)16-11(14)15-9-3-2-7(12)5-8(9)13/h2-3,5-6,10H,4H2,1H3,(H3,14,15,16). The van der Waals surface area contributed by atoms with Crippen molar-refractivity contribution in [1.82, 2.24) is 0 Å². The Morgan fingerprint density at radius 3 is 2.75 bits per heavy atom. The third-order valence-electron chi connectivity index (χ3n) is 2.57. The lowest BCUT2D eigenvalue weighted by Crippen LogP contribution is -2.23. The minimum Gasteiger partial charge on any atom is -0.370 e. The van der Waals surface area contributed by atoms with Gasteiger partial charge in [-0.25, -0.2) is 13.8 Å². The van der Waals surface area contributed by atoms with Gasteiger partial charge in [0, 0.05) is 6.07 Å². The maximum absolute atomic E-state index is 13.2. The number of anilines is 1. The number of hydrogen-bond donors (Lipinski definition) is 2. The number of benzene rings is 1. The Labute approximate surface area is 92.4 Å². The van der Waals surface area contributed by atoms with Crippen molar-refractivity contribution < 1.29 is 8.78 Å². The third-order valence-corrected chi connectivity index (χ3v) is 2.57. The van der Waals surface area contributed by atoms with Crippen LogP contribution in [0.2, 0.25) is 0 Å². The van der Waals surface area contributed by atoms with Crippen molar-refractivity contribution in [2.45, 2.75) is 19.4 Å². The number of guanidine groups is 1. The predicted octanol–water partition coefficient (Wildman–Crippen LogP) is 2.10. The molecule has 0 aromatic heterocycles. The van der Waals surface area contributed by atoms with Gasteiger partial charge in [0.2, 0.25) is 0 Å². The highest BCUT2D eigenvalue weighted by molar-refractivity contribution is 5.92. The molecule has 1 saturated carbocycles. The van der Waals surface area contributed by atoms with Crippen LogP contribution in [0.1, 0.15) is 13.3 Å². The summed E-state index contributed by atoms with van der Waals surface area (Å²) in [6, 6.07) is 3.49. The highest BCUT2D eigenvalue weighted by Crippen LogP contribution is 2.32. The molecule has 0 saturated heterocycles. The van der Waals surface area contributed by atoms with E-state index >= 15 is 0 Å². The first-order valence-electron chi connectivity index (χ1n) is 5.11. The molecule has 0 amide bonds. The van der Waals surface area contributed by atoms with Crippen molar-refractivity contribution in [1.29, 1.82) is 0 Å². The van der Waals surface area contributed by atoms with Crippen molar-refractivity contribution in [2.75, 3.05) is 5.32 Å². The number of rotatable bonds is 2. The van der Waals surface area contributed by atoms with Crippen molar-refractivity contribution in [3.63, 3.8) is 0 Å². The highest BCUT2D eigenvalue weighted by atomic mass is 19.1. The van der Waals surface area contributed by atoms with E-state index in [0.717, 1.165) is 12.5 Å². The lowest BCUT2D eigenvalue weighted by molar-refractivity contribution is 0.586. The van der Waals surface area contributed by atoms with Crippen molar-refractivity contribution >= 4 is 11.6 Å². The first kappa shape index (κ1) is 10.9. The Hall–Kier alpha value is -1.65. The van der Waals surface area contributed by atoms with Gasteiger partial charge in [-0.15, -0.1) is 0 Å². The van der Waals surface area contributed by atoms with Crippen LogP contribution < -0.4 is 11.1 Å². The SMILES string of the molecule is CC1CC1N=C(N)Nc1ccc(F)cc1F. The second-order valence-corrected chi connectivity index (χ2v) is 4.04. The van der Waals surface area contributed by atoms with Crippen LogP contribution in [0.15, 0.2) is 23.2 Å². The van der Waals surface area contributed by atoms with E-state index < -0.39 is 11.6 Å². The lowest BCUT2D eigenvalue weighted by Gasteiger charge is -2.06. The van der Waals surface area contributed by atoms with Gasteiger partial charge in [-0.05, 0) is 24.5 Å². The maximum atomic E-state index is 13.2. The number of nitrogens with one attached hydrogen (secondary N) is 1. The molecule has 1 aliphatic carbocycles. The molecule has 16 heavy (non-hydrogen) atoms. The molecule has 3 nitrogen and oxygen atoms in total. The van der Waals surface area contributed by atoms with Gasteiger partial charge in [0.1, 0.15) is 11.6 Å². The third kappa shape index (κ3) is 2.48. The summed E-state index contributed by atoms with van der Waals surface area (Å²) in [6.07, 6.45) is 1.01. The van der Waals surface area contributed by atoms with Crippen LogP contribution in [0.4, 0.5) is 14.5 Å². The summed E-state index contributed by atoms with van der Waals surface area (Å²) in [5, 5.41) is 2.62. The lowest BCUT2D eigenvalue weighted by atomic mass is 10.3. The molecule has 2 rings (SSSR count). The van der Waals surface area contributed by atoms with Gasteiger partial charge < -0.3 is 11.1 Å². The van der Waals surface area contributed by atoms with Crippen LogP contribution in [0.3, 0.4) is 0 Å². The number of nitrogens with zero attached hydrogens (tertiary/aromatic N) is 1. The zero-order valence-electron chi connectivity index (χ0n) is 8.87. The zero-order chi connectivity index (χ0) is 11.7. The summed E-state index contributed by atoms with van der Waals surface area (Å²) in [6.45, 7) is 2.07. The van der Waals surface area contributed by atoms with Gasteiger partial charge in [-0.3, -0.25) is 0 Å². The van der Waals surface area contributed by atoms with Crippen molar-refractivity contribution in [3.05, 3.63) is 29.8 Å². The summed E-state index contributed by atoms with van der Waals surface area (Å²) in [5.41, 5.74) is 5.73. The van der Waals surface area contributed by atoms with E-state index in [2.05, 4.69) is 17.2 Å². The van der Waals surface area contributed by atoms with Crippen LogP contribution in [-0.4, -0.2) is 12.0 Å². The molecule has 1 aromatic rings. The summed E-state index contributed by atoms with van der Waals surface area (Å²) >= 11 is 0. The maximum Gasteiger partial charge on any atom is 0.193 e. The summed E-state index contributed by atoms with van der Waals surface area (Å²) in [5.74, 6) is -0.588. The Balaban J connectivity index is 2.05. The average molecular weight is 225 g/mol. The molecule has 0 aliphatic heterocycles. The topological polar surface area (TPSA) is 50.4 Å². The molecule has 86 valence electrons. The van der Waals surface area contributed by atoms with E-state index in [1.807, 2.05) is 0 Å². The molecule has 2 atom stereocenters.